The van der Waals surface area contributed by atoms with Gasteiger partial charge in [-0.1, -0.05) is 56.8 Å². The molecule has 0 atom stereocenters. The summed E-state index contributed by atoms with van der Waals surface area (Å²) in [6.07, 6.45) is 0. The normalized spacial score (nSPS) is 10.5. The first-order chi connectivity index (χ1) is 13.9. The number of hydrogen-bond acceptors (Lipinski definition) is 3. The van der Waals surface area contributed by atoms with E-state index in [-0.39, 0.29) is 12.5 Å². The molecule has 29 heavy (non-hydrogen) atoms. The summed E-state index contributed by atoms with van der Waals surface area (Å²) in [6.45, 7) is 2.38. The summed E-state index contributed by atoms with van der Waals surface area (Å²) in [5.41, 5.74) is 3.55. The van der Waals surface area contributed by atoms with E-state index in [0.717, 1.165) is 27.0 Å². The van der Waals surface area contributed by atoms with E-state index in [0.29, 0.717) is 22.3 Å². The van der Waals surface area contributed by atoms with Crippen LogP contribution in [0.4, 0.5) is 11.4 Å². The summed E-state index contributed by atoms with van der Waals surface area (Å²) in [7, 11) is 0. The number of carbonyl (C=O) groups excluding carboxylic acids is 1. The highest BCUT2D eigenvalue weighted by Crippen LogP contribution is 2.26. The average Bonchev–Trinajstić information content (AvgIpc) is 2.67. The van der Waals surface area contributed by atoms with Crippen LogP contribution < -0.4 is 15.4 Å². The van der Waals surface area contributed by atoms with Crippen LogP contribution in [0.5, 0.6) is 5.75 Å². The Hall–Kier alpha value is -2.21. The van der Waals surface area contributed by atoms with Crippen LogP contribution in [-0.4, -0.2) is 12.5 Å². The monoisotopic (exact) mass is 492 g/mol. The van der Waals surface area contributed by atoms with Gasteiger partial charge in [-0.15, -0.1) is 0 Å². The first-order valence-corrected chi connectivity index (χ1v) is 10.4. The quantitative estimate of drug-likeness (QED) is 0.385. The summed E-state index contributed by atoms with van der Waals surface area (Å²) in [5.74, 6) is 0.394. The second kappa shape index (κ2) is 10.0. The van der Waals surface area contributed by atoms with Crippen LogP contribution in [0.1, 0.15) is 11.1 Å². The third-order valence-corrected chi connectivity index (χ3v) is 4.99. The van der Waals surface area contributed by atoms with Crippen LogP contribution in [0.2, 0.25) is 10.0 Å². The van der Waals surface area contributed by atoms with Crippen molar-refractivity contribution in [2.75, 3.05) is 17.2 Å². The molecular weight excluding hydrogens is 475 g/mol. The molecule has 0 unspecified atom stereocenters. The Balaban J connectivity index is 1.63. The van der Waals surface area contributed by atoms with E-state index in [1.807, 2.05) is 49.4 Å². The van der Waals surface area contributed by atoms with Crippen molar-refractivity contribution in [1.82, 2.24) is 0 Å². The molecule has 0 saturated carbocycles. The van der Waals surface area contributed by atoms with Crippen molar-refractivity contribution in [3.8, 4) is 5.75 Å². The van der Waals surface area contributed by atoms with Crippen LogP contribution in [0, 0.1) is 6.92 Å². The van der Waals surface area contributed by atoms with Crippen molar-refractivity contribution >= 4 is 56.4 Å². The van der Waals surface area contributed by atoms with Crippen molar-refractivity contribution < 1.29 is 9.53 Å². The first-order valence-electron chi connectivity index (χ1n) is 8.87. The second-order valence-corrected chi connectivity index (χ2v) is 8.26. The highest BCUT2D eigenvalue weighted by molar-refractivity contribution is 9.10. The number of carbonyl (C=O) groups is 1. The molecule has 0 heterocycles. The number of ether oxygens (including phenoxy) is 1. The molecule has 0 aliphatic heterocycles. The van der Waals surface area contributed by atoms with Gasteiger partial charge in [-0.25, -0.2) is 0 Å². The van der Waals surface area contributed by atoms with Gasteiger partial charge in [-0.2, -0.15) is 0 Å². The van der Waals surface area contributed by atoms with Gasteiger partial charge in [0, 0.05) is 38.0 Å². The van der Waals surface area contributed by atoms with Crippen molar-refractivity contribution in [3.63, 3.8) is 0 Å². The molecule has 4 nitrogen and oxygen atoms in total. The van der Waals surface area contributed by atoms with Crippen LogP contribution >= 0.6 is 39.1 Å². The molecule has 0 aliphatic rings. The van der Waals surface area contributed by atoms with E-state index in [4.69, 9.17) is 27.9 Å². The lowest BCUT2D eigenvalue weighted by Crippen LogP contribution is -2.20. The molecule has 7 heteroatoms. The third-order valence-electron chi connectivity index (χ3n) is 4.06. The fourth-order valence-corrected chi connectivity index (χ4v) is 3.59. The van der Waals surface area contributed by atoms with Gasteiger partial charge < -0.3 is 15.4 Å². The summed E-state index contributed by atoms with van der Waals surface area (Å²) in [5, 5.41) is 7.20. The molecule has 3 aromatic carbocycles. The highest BCUT2D eigenvalue weighted by Gasteiger charge is 2.09. The average molecular weight is 494 g/mol. The maximum Gasteiger partial charge on any atom is 0.262 e. The molecule has 0 aliphatic carbocycles. The third kappa shape index (κ3) is 6.67. The van der Waals surface area contributed by atoms with Crippen molar-refractivity contribution in [2.24, 2.45) is 0 Å². The Morgan fingerprint density at radius 2 is 1.66 bits per heavy atom. The van der Waals surface area contributed by atoms with Gasteiger partial charge in [-0.3, -0.25) is 4.79 Å². The maximum absolute atomic E-state index is 12.2. The van der Waals surface area contributed by atoms with Crippen LogP contribution in [-0.2, 0) is 11.3 Å². The number of aryl methyl sites for hydroxylation is 1. The van der Waals surface area contributed by atoms with Gasteiger partial charge >= 0.3 is 0 Å². The molecule has 150 valence electrons. The van der Waals surface area contributed by atoms with Gasteiger partial charge in [0.05, 0.1) is 0 Å². The van der Waals surface area contributed by atoms with Crippen molar-refractivity contribution in [3.05, 3.63) is 86.3 Å². The molecule has 3 rings (SSSR count). The Kier molecular flexibility index (Phi) is 7.42. The number of halogens is 3. The highest BCUT2D eigenvalue weighted by atomic mass is 79.9. The minimum atomic E-state index is -0.225. The molecule has 0 fully saturated rings. The van der Waals surface area contributed by atoms with E-state index in [1.165, 1.54) is 0 Å². The topological polar surface area (TPSA) is 50.4 Å². The Labute approximate surface area is 188 Å². The van der Waals surface area contributed by atoms with Gasteiger partial charge in [0.15, 0.2) is 6.61 Å². The van der Waals surface area contributed by atoms with Gasteiger partial charge in [0.2, 0.25) is 0 Å². The molecule has 0 radical (unpaired) electrons. The standard InChI is InChI=1S/C22H19BrCl2N2O2/c1-14-2-5-19(6-3-14)27-22(28)13-29-21-7-4-16(23)8-15(21)12-26-20-10-17(24)9-18(25)11-20/h2-11,26H,12-13H2,1H3,(H,27,28). The van der Waals surface area contributed by atoms with E-state index in [1.54, 1.807) is 18.2 Å². The Morgan fingerprint density at radius 3 is 2.34 bits per heavy atom. The fourth-order valence-electron chi connectivity index (χ4n) is 2.66. The molecule has 0 aromatic heterocycles. The predicted octanol–water partition coefficient (Wildman–Crippen LogP) is 6.69. The zero-order valence-corrected chi connectivity index (χ0v) is 18.7. The molecule has 1 amide bonds. The summed E-state index contributed by atoms with van der Waals surface area (Å²) in [4.78, 5) is 12.2. The number of anilines is 2. The SMILES string of the molecule is Cc1ccc(NC(=O)COc2ccc(Br)cc2CNc2cc(Cl)cc(Cl)c2)cc1. The van der Waals surface area contributed by atoms with E-state index in [9.17, 15) is 4.79 Å². The molecule has 2 N–H and O–H groups in total. The summed E-state index contributed by atoms with van der Waals surface area (Å²) in [6, 6.07) is 18.5. The Morgan fingerprint density at radius 1 is 0.966 bits per heavy atom. The molecule has 3 aromatic rings. The van der Waals surface area contributed by atoms with Crippen LogP contribution in [0.3, 0.4) is 0 Å². The van der Waals surface area contributed by atoms with E-state index < -0.39 is 0 Å². The molecular formula is C22H19BrCl2N2O2. The van der Waals surface area contributed by atoms with Gasteiger partial charge in [0.25, 0.3) is 5.91 Å². The largest absolute Gasteiger partial charge is 0.483 e. The van der Waals surface area contributed by atoms with Crippen molar-refractivity contribution in [1.29, 1.82) is 0 Å². The lowest BCUT2D eigenvalue weighted by molar-refractivity contribution is -0.118. The number of rotatable bonds is 7. The molecule has 0 spiro atoms. The molecule has 0 saturated heterocycles. The zero-order valence-electron chi connectivity index (χ0n) is 15.6. The second-order valence-electron chi connectivity index (χ2n) is 6.47. The minimum absolute atomic E-state index is 0.0918. The lowest BCUT2D eigenvalue weighted by Gasteiger charge is -2.14. The van der Waals surface area contributed by atoms with Gasteiger partial charge in [0.1, 0.15) is 5.75 Å². The fraction of sp³-hybridized carbons (Fsp3) is 0.136. The first kappa shape index (κ1) is 21.5. The predicted molar refractivity (Wildman–Crippen MR) is 123 cm³/mol. The van der Waals surface area contributed by atoms with Crippen molar-refractivity contribution in [2.45, 2.75) is 13.5 Å². The van der Waals surface area contributed by atoms with Crippen LogP contribution in [0.25, 0.3) is 0 Å². The van der Waals surface area contributed by atoms with E-state index >= 15 is 0 Å². The number of nitrogens with one attached hydrogen (secondary N) is 2. The molecule has 0 bridgehead atoms. The van der Waals surface area contributed by atoms with Gasteiger partial charge in [-0.05, 0) is 55.5 Å². The number of hydrogen-bond donors (Lipinski definition) is 2. The number of amides is 1. The summed E-state index contributed by atoms with van der Waals surface area (Å²) < 4.78 is 6.67. The maximum atomic E-state index is 12.2. The zero-order chi connectivity index (χ0) is 20.8. The smallest absolute Gasteiger partial charge is 0.262 e. The lowest BCUT2D eigenvalue weighted by atomic mass is 10.2. The minimum Gasteiger partial charge on any atom is -0.483 e. The van der Waals surface area contributed by atoms with Crippen LogP contribution in [0.15, 0.2) is 65.1 Å². The van der Waals surface area contributed by atoms with E-state index in [2.05, 4.69) is 26.6 Å². The Bertz CT molecular complexity index is 990. The summed E-state index contributed by atoms with van der Waals surface area (Å²) >= 11 is 15.6. The number of benzene rings is 3.